The summed E-state index contributed by atoms with van der Waals surface area (Å²) in [5.74, 6) is 0.602. The smallest absolute Gasteiger partial charge is 0.344 e. The molecule has 1 aliphatic rings. The Morgan fingerprint density at radius 3 is 2.39 bits per heavy atom. The molecule has 6 nitrogen and oxygen atoms in total. The molecule has 164 valence electrons. The first-order valence-corrected chi connectivity index (χ1v) is 10.6. The zero-order valence-electron chi connectivity index (χ0n) is 18.7. The second-order valence-electron chi connectivity index (χ2n) is 7.60. The summed E-state index contributed by atoms with van der Waals surface area (Å²) in [5.41, 5.74) is 3.18. The molecule has 0 saturated heterocycles. The topological polar surface area (TPSA) is 65.1 Å². The maximum atomic E-state index is 12.8. The number of Topliss-reactive ketones (excluding diaryl/α,β-unsaturated/α-hetero) is 1. The lowest BCUT2D eigenvalue weighted by Crippen LogP contribution is -2.21. The molecule has 1 heterocycles. The first-order valence-electron chi connectivity index (χ1n) is 10.6. The number of fused-ring (bicyclic) bond motifs is 1. The minimum Gasteiger partial charge on any atom is -0.481 e. The van der Waals surface area contributed by atoms with Gasteiger partial charge in [0.25, 0.3) is 0 Å². The van der Waals surface area contributed by atoms with Gasteiger partial charge in [0.05, 0.1) is 11.7 Å². The van der Waals surface area contributed by atoms with Crippen LogP contribution in [0, 0.1) is 6.92 Å². The zero-order valence-corrected chi connectivity index (χ0v) is 18.7. The number of ether oxygens (including phenoxy) is 3. The fourth-order valence-electron chi connectivity index (χ4n) is 3.48. The van der Waals surface area contributed by atoms with Crippen molar-refractivity contribution in [3.8, 4) is 11.5 Å². The quantitative estimate of drug-likeness (QED) is 0.449. The number of esters is 1. The molecule has 0 saturated carbocycles. The standard InChI is InChI=1S/C25H29NO5/c1-6-26(7-2)19-10-8-18(9-11-19)14-22-24(28)20-12-13-21(17(5)25(20)31-22)29-15-23(27)30-16(3)4/h8-14,16H,6-7,15H2,1-5H3/b22-14-. The summed E-state index contributed by atoms with van der Waals surface area (Å²) in [6.07, 6.45) is 1.54. The van der Waals surface area contributed by atoms with Crippen LogP contribution in [0.5, 0.6) is 11.5 Å². The van der Waals surface area contributed by atoms with Gasteiger partial charge in [-0.05, 0) is 70.5 Å². The Balaban J connectivity index is 1.76. The number of hydrogen-bond acceptors (Lipinski definition) is 6. The van der Waals surface area contributed by atoms with Gasteiger partial charge in [-0.25, -0.2) is 4.79 Å². The van der Waals surface area contributed by atoms with Crippen molar-refractivity contribution in [1.29, 1.82) is 0 Å². The van der Waals surface area contributed by atoms with E-state index in [0.29, 0.717) is 22.6 Å². The van der Waals surface area contributed by atoms with Crippen molar-refractivity contribution in [1.82, 2.24) is 0 Å². The van der Waals surface area contributed by atoms with E-state index in [1.54, 1.807) is 39.0 Å². The van der Waals surface area contributed by atoms with E-state index in [9.17, 15) is 9.59 Å². The van der Waals surface area contributed by atoms with E-state index in [1.165, 1.54) is 0 Å². The average Bonchev–Trinajstić information content (AvgIpc) is 3.05. The van der Waals surface area contributed by atoms with Crippen LogP contribution in [0.1, 0.15) is 49.2 Å². The van der Waals surface area contributed by atoms with Crippen molar-refractivity contribution >= 4 is 23.5 Å². The van der Waals surface area contributed by atoms with Crippen LogP contribution in [0.25, 0.3) is 6.08 Å². The number of hydrogen-bond donors (Lipinski definition) is 0. The molecule has 6 heteroatoms. The third-order valence-electron chi connectivity index (χ3n) is 5.07. The molecule has 2 aromatic carbocycles. The lowest BCUT2D eigenvalue weighted by molar-refractivity contribution is -0.149. The Labute approximate surface area is 183 Å². The predicted molar refractivity (Wildman–Crippen MR) is 121 cm³/mol. The molecule has 0 aliphatic carbocycles. The highest BCUT2D eigenvalue weighted by atomic mass is 16.6. The second-order valence-corrected chi connectivity index (χ2v) is 7.60. The Hall–Kier alpha value is -3.28. The van der Waals surface area contributed by atoms with Crippen LogP contribution < -0.4 is 14.4 Å². The van der Waals surface area contributed by atoms with E-state index in [-0.39, 0.29) is 24.3 Å². The van der Waals surface area contributed by atoms with Crippen molar-refractivity contribution in [2.45, 2.75) is 40.7 Å². The lowest BCUT2D eigenvalue weighted by atomic mass is 10.1. The van der Waals surface area contributed by atoms with E-state index in [1.807, 2.05) is 24.3 Å². The van der Waals surface area contributed by atoms with Crippen LogP contribution in [-0.2, 0) is 9.53 Å². The van der Waals surface area contributed by atoms with Crippen LogP contribution >= 0.6 is 0 Å². The molecular weight excluding hydrogens is 394 g/mol. The van der Waals surface area contributed by atoms with Gasteiger partial charge in [-0.3, -0.25) is 4.79 Å². The van der Waals surface area contributed by atoms with Crippen molar-refractivity contribution < 1.29 is 23.8 Å². The summed E-state index contributed by atoms with van der Waals surface area (Å²) < 4.78 is 16.6. The number of ketones is 1. The molecule has 1 aliphatic heterocycles. The normalized spacial score (nSPS) is 13.9. The van der Waals surface area contributed by atoms with Crippen molar-refractivity contribution in [2.75, 3.05) is 24.6 Å². The summed E-state index contributed by atoms with van der Waals surface area (Å²) >= 11 is 0. The molecule has 0 radical (unpaired) electrons. The van der Waals surface area contributed by atoms with Crippen LogP contribution in [0.15, 0.2) is 42.2 Å². The second kappa shape index (κ2) is 9.69. The van der Waals surface area contributed by atoms with Crippen LogP contribution in [0.2, 0.25) is 0 Å². The van der Waals surface area contributed by atoms with Crippen LogP contribution in [0.4, 0.5) is 5.69 Å². The van der Waals surface area contributed by atoms with Crippen LogP contribution in [-0.4, -0.2) is 37.6 Å². The summed E-state index contributed by atoms with van der Waals surface area (Å²) in [7, 11) is 0. The van der Waals surface area contributed by atoms with Crippen molar-refractivity contribution in [2.24, 2.45) is 0 Å². The molecule has 0 fully saturated rings. The fourth-order valence-corrected chi connectivity index (χ4v) is 3.48. The van der Waals surface area contributed by atoms with E-state index in [0.717, 1.165) is 24.3 Å². The number of carbonyl (C=O) groups is 2. The van der Waals surface area contributed by atoms with Crippen LogP contribution in [0.3, 0.4) is 0 Å². The third kappa shape index (κ3) is 5.08. The van der Waals surface area contributed by atoms with E-state index in [2.05, 4.69) is 18.7 Å². The van der Waals surface area contributed by atoms with Gasteiger partial charge in [0.15, 0.2) is 12.4 Å². The molecule has 2 aromatic rings. The van der Waals surface area contributed by atoms with Gasteiger partial charge < -0.3 is 19.1 Å². The molecule has 31 heavy (non-hydrogen) atoms. The number of benzene rings is 2. The van der Waals surface area contributed by atoms with E-state index < -0.39 is 5.97 Å². The molecule has 0 N–H and O–H groups in total. The van der Waals surface area contributed by atoms with Gasteiger partial charge in [-0.2, -0.15) is 0 Å². The highest BCUT2D eigenvalue weighted by Crippen LogP contribution is 2.39. The van der Waals surface area contributed by atoms with Gasteiger partial charge in [0.1, 0.15) is 11.5 Å². The van der Waals surface area contributed by atoms with E-state index >= 15 is 0 Å². The number of anilines is 1. The average molecular weight is 424 g/mol. The predicted octanol–water partition coefficient (Wildman–Crippen LogP) is 4.79. The van der Waals surface area contributed by atoms with Crippen molar-refractivity contribution in [3.05, 3.63) is 58.8 Å². The van der Waals surface area contributed by atoms with Gasteiger partial charge in [-0.15, -0.1) is 0 Å². The van der Waals surface area contributed by atoms with Gasteiger partial charge in [-0.1, -0.05) is 12.1 Å². The molecule has 0 spiro atoms. The number of carbonyl (C=O) groups excluding carboxylic acids is 2. The highest BCUT2D eigenvalue weighted by molar-refractivity contribution is 6.15. The number of allylic oxidation sites excluding steroid dienone is 1. The molecule has 0 bridgehead atoms. The minimum atomic E-state index is -0.444. The minimum absolute atomic E-state index is 0.170. The molecule has 0 aromatic heterocycles. The van der Waals surface area contributed by atoms with Gasteiger partial charge in [0, 0.05) is 24.3 Å². The maximum absolute atomic E-state index is 12.8. The first kappa shape index (κ1) is 22.4. The summed E-state index contributed by atoms with van der Waals surface area (Å²) in [6.45, 7) is 11.3. The van der Waals surface area contributed by atoms with E-state index in [4.69, 9.17) is 14.2 Å². The molecule has 3 rings (SSSR count). The Morgan fingerprint density at radius 2 is 1.77 bits per heavy atom. The summed E-state index contributed by atoms with van der Waals surface area (Å²) in [6, 6.07) is 11.4. The maximum Gasteiger partial charge on any atom is 0.344 e. The van der Waals surface area contributed by atoms with Gasteiger partial charge in [0.2, 0.25) is 5.78 Å². The van der Waals surface area contributed by atoms with Crippen molar-refractivity contribution in [3.63, 3.8) is 0 Å². The summed E-state index contributed by atoms with van der Waals surface area (Å²) in [4.78, 5) is 26.8. The van der Waals surface area contributed by atoms with Gasteiger partial charge >= 0.3 is 5.97 Å². The lowest BCUT2D eigenvalue weighted by Gasteiger charge is -2.20. The molecular formula is C25H29NO5. The Morgan fingerprint density at radius 1 is 1.10 bits per heavy atom. The third-order valence-corrected chi connectivity index (χ3v) is 5.07. The highest BCUT2D eigenvalue weighted by Gasteiger charge is 2.30. The zero-order chi connectivity index (χ0) is 22.5. The monoisotopic (exact) mass is 423 g/mol. The SMILES string of the molecule is CCN(CC)c1ccc(/C=C2\Oc3c(ccc(OCC(=O)OC(C)C)c3C)C2=O)cc1. The number of rotatable bonds is 8. The molecule has 0 unspecified atom stereocenters. The largest absolute Gasteiger partial charge is 0.481 e. The number of nitrogens with zero attached hydrogens (tertiary/aromatic N) is 1. The fraction of sp³-hybridized carbons (Fsp3) is 0.360. The first-order chi connectivity index (χ1) is 14.8. The Bertz CT molecular complexity index is 988. The summed E-state index contributed by atoms with van der Waals surface area (Å²) in [5, 5.41) is 0. The Kier molecular flexibility index (Phi) is 7.00. The molecule has 0 atom stereocenters. The molecule has 0 amide bonds.